The minimum Gasteiger partial charge on any atom is -0.507 e. The fourth-order valence-corrected chi connectivity index (χ4v) is 1.99. The molecule has 0 saturated carbocycles. The highest BCUT2D eigenvalue weighted by molar-refractivity contribution is 5.42. The summed E-state index contributed by atoms with van der Waals surface area (Å²) >= 11 is 0. The topological polar surface area (TPSA) is 32.3 Å². The van der Waals surface area contributed by atoms with E-state index < -0.39 is 0 Å². The molecule has 0 aromatic heterocycles. The summed E-state index contributed by atoms with van der Waals surface area (Å²) in [4.78, 5) is 0. The Morgan fingerprint density at radius 3 is 2.29 bits per heavy atom. The van der Waals surface area contributed by atoms with Gasteiger partial charge in [0.15, 0.2) is 0 Å². The fraction of sp³-hybridized carbons (Fsp3) is 0.500. The molecular formula is C12H17NO. The molecule has 1 fully saturated rings. The number of aryl methyl sites for hydroxylation is 2. The zero-order valence-electron chi connectivity index (χ0n) is 8.80. The number of benzene rings is 1. The molecule has 1 aliphatic heterocycles. The van der Waals surface area contributed by atoms with E-state index in [2.05, 4.69) is 17.4 Å². The van der Waals surface area contributed by atoms with Gasteiger partial charge in [0.25, 0.3) is 0 Å². The standard InChI is InChI=1S/C12H17NO/c1-8-3-10(4-9(2)12(8)14)5-11-6-13-7-11/h3-4,11,13-14H,5-7H2,1-2H3. The van der Waals surface area contributed by atoms with Crippen LogP contribution in [0.2, 0.25) is 0 Å². The monoisotopic (exact) mass is 191 g/mol. The van der Waals surface area contributed by atoms with Crippen molar-refractivity contribution >= 4 is 0 Å². The zero-order chi connectivity index (χ0) is 10.1. The Kier molecular flexibility index (Phi) is 2.46. The van der Waals surface area contributed by atoms with Gasteiger partial charge in [-0.15, -0.1) is 0 Å². The summed E-state index contributed by atoms with van der Waals surface area (Å²) in [6.45, 7) is 6.20. The number of hydrogen-bond donors (Lipinski definition) is 2. The van der Waals surface area contributed by atoms with Crippen LogP contribution in [0, 0.1) is 19.8 Å². The van der Waals surface area contributed by atoms with Gasteiger partial charge >= 0.3 is 0 Å². The third-order valence-electron chi connectivity index (χ3n) is 2.94. The van der Waals surface area contributed by atoms with Crippen molar-refractivity contribution < 1.29 is 5.11 Å². The minimum absolute atomic E-state index is 0.445. The smallest absolute Gasteiger partial charge is 0.121 e. The molecule has 1 aromatic carbocycles. The Morgan fingerprint density at radius 2 is 1.86 bits per heavy atom. The highest BCUT2D eigenvalue weighted by Crippen LogP contribution is 2.24. The Bertz CT molecular complexity index is 319. The fourth-order valence-electron chi connectivity index (χ4n) is 1.99. The van der Waals surface area contributed by atoms with Crippen LogP contribution in [0.15, 0.2) is 12.1 Å². The van der Waals surface area contributed by atoms with Crippen molar-refractivity contribution in [3.8, 4) is 5.75 Å². The lowest BCUT2D eigenvalue weighted by Crippen LogP contribution is -2.43. The van der Waals surface area contributed by atoms with Gasteiger partial charge < -0.3 is 10.4 Å². The average molecular weight is 191 g/mol. The summed E-state index contributed by atoms with van der Waals surface area (Å²) < 4.78 is 0. The summed E-state index contributed by atoms with van der Waals surface area (Å²) in [6, 6.07) is 4.20. The third-order valence-corrected chi connectivity index (χ3v) is 2.94. The average Bonchev–Trinajstić information content (AvgIpc) is 2.07. The van der Waals surface area contributed by atoms with Gasteiger partial charge in [0.2, 0.25) is 0 Å². The van der Waals surface area contributed by atoms with Crippen LogP contribution in [-0.4, -0.2) is 18.2 Å². The second-order valence-electron chi connectivity index (χ2n) is 4.31. The Balaban J connectivity index is 2.17. The lowest BCUT2D eigenvalue weighted by Gasteiger charge is -2.27. The molecule has 0 bridgehead atoms. The highest BCUT2D eigenvalue weighted by atomic mass is 16.3. The first-order chi connectivity index (χ1) is 6.66. The molecular weight excluding hydrogens is 174 g/mol. The predicted octanol–water partition coefficient (Wildman–Crippen LogP) is 1.77. The molecule has 76 valence electrons. The second kappa shape index (κ2) is 3.62. The number of phenolic OH excluding ortho intramolecular Hbond substituents is 1. The van der Waals surface area contributed by atoms with Gasteiger partial charge in [0, 0.05) is 0 Å². The molecule has 2 rings (SSSR count). The summed E-state index contributed by atoms with van der Waals surface area (Å²) in [5.41, 5.74) is 3.34. The first-order valence-electron chi connectivity index (χ1n) is 5.16. The van der Waals surface area contributed by atoms with Crippen molar-refractivity contribution in [1.82, 2.24) is 5.32 Å². The van der Waals surface area contributed by atoms with E-state index in [9.17, 15) is 5.11 Å². The van der Waals surface area contributed by atoms with E-state index in [1.165, 1.54) is 5.56 Å². The third kappa shape index (κ3) is 1.75. The SMILES string of the molecule is Cc1cc(CC2CNC2)cc(C)c1O. The first-order valence-corrected chi connectivity index (χ1v) is 5.16. The molecule has 1 heterocycles. The summed E-state index contributed by atoms with van der Waals surface area (Å²) in [6.07, 6.45) is 1.13. The van der Waals surface area contributed by atoms with E-state index in [0.717, 1.165) is 36.6 Å². The van der Waals surface area contributed by atoms with Gasteiger partial charge in [-0.1, -0.05) is 12.1 Å². The molecule has 1 aromatic rings. The van der Waals surface area contributed by atoms with E-state index in [1.807, 2.05) is 13.8 Å². The first kappa shape index (κ1) is 9.53. The van der Waals surface area contributed by atoms with E-state index in [4.69, 9.17) is 0 Å². The highest BCUT2D eigenvalue weighted by Gasteiger charge is 2.17. The number of aromatic hydroxyl groups is 1. The zero-order valence-corrected chi connectivity index (χ0v) is 8.80. The van der Waals surface area contributed by atoms with E-state index in [0.29, 0.717) is 5.75 Å². The predicted molar refractivity (Wildman–Crippen MR) is 57.6 cm³/mol. The number of nitrogens with one attached hydrogen (secondary N) is 1. The van der Waals surface area contributed by atoms with E-state index in [-0.39, 0.29) is 0 Å². The van der Waals surface area contributed by atoms with Crippen molar-refractivity contribution in [2.45, 2.75) is 20.3 Å². The minimum atomic E-state index is 0.445. The van der Waals surface area contributed by atoms with Crippen LogP contribution in [0.1, 0.15) is 16.7 Å². The Hall–Kier alpha value is -1.02. The van der Waals surface area contributed by atoms with Gasteiger partial charge in [-0.2, -0.15) is 0 Å². The van der Waals surface area contributed by atoms with Crippen LogP contribution in [0.25, 0.3) is 0 Å². The van der Waals surface area contributed by atoms with Crippen LogP contribution in [0.5, 0.6) is 5.75 Å². The summed E-state index contributed by atoms with van der Waals surface area (Å²) in [7, 11) is 0. The van der Waals surface area contributed by atoms with Crippen molar-refractivity contribution in [2.24, 2.45) is 5.92 Å². The summed E-state index contributed by atoms with van der Waals surface area (Å²) in [5, 5.41) is 12.9. The molecule has 0 radical (unpaired) electrons. The number of phenols is 1. The molecule has 1 aliphatic rings. The van der Waals surface area contributed by atoms with Gasteiger partial charge in [-0.05, 0) is 56.0 Å². The molecule has 2 heteroatoms. The molecule has 0 unspecified atom stereocenters. The molecule has 2 N–H and O–H groups in total. The molecule has 2 nitrogen and oxygen atoms in total. The number of hydrogen-bond acceptors (Lipinski definition) is 2. The maximum Gasteiger partial charge on any atom is 0.121 e. The van der Waals surface area contributed by atoms with Crippen molar-refractivity contribution in [1.29, 1.82) is 0 Å². The maximum atomic E-state index is 9.62. The maximum absolute atomic E-state index is 9.62. The number of rotatable bonds is 2. The van der Waals surface area contributed by atoms with Crippen molar-refractivity contribution in [2.75, 3.05) is 13.1 Å². The van der Waals surface area contributed by atoms with Crippen LogP contribution >= 0.6 is 0 Å². The lowest BCUT2D eigenvalue weighted by molar-refractivity contribution is 0.346. The van der Waals surface area contributed by atoms with Gasteiger partial charge in [0.05, 0.1) is 0 Å². The molecule has 14 heavy (non-hydrogen) atoms. The Morgan fingerprint density at radius 1 is 1.29 bits per heavy atom. The van der Waals surface area contributed by atoms with Crippen molar-refractivity contribution in [3.63, 3.8) is 0 Å². The molecule has 0 spiro atoms. The second-order valence-corrected chi connectivity index (χ2v) is 4.31. The molecule has 0 aliphatic carbocycles. The molecule has 1 saturated heterocycles. The quantitative estimate of drug-likeness (QED) is 0.746. The van der Waals surface area contributed by atoms with E-state index in [1.54, 1.807) is 0 Å². The van der Waals surface area contributed by atoms with Gasteiger partial charge in [0.1, 0.15) is 5.75 Å². The largest absolute Gasteiger partial charge is 0.507 e. The normalized spacial score (nSPS) is 16.7. The molecule has 0 atom stereocenters. The van der Waals surface area contributed by atoms with Crippen LogP contribution < -0.4 is 5.32 Å². The van der Waals surface area contributed by atoms with Gasteiger partial charge in [-0.25, -0.2) is 0 Å². The lowest BCUT2D eigenvalue weighted by atomic mass is 9.92. The van der Waals surface area contributed by atoms with E-state index >= 15 is 0 Å². The van der Waals surface area contributed by atoms with Crippen LogP contribution in [0.3, 0.4) is 0 Å². The Labute approximate surface area is 85.0 Å². The van der Waals surface area contributed by atoms with Crippen LogP contribution in [0.4, 0.5) is 0 Å². The molecule has 0 amide bonds. The summed E-state index contributed by atoms with van der Waals surface area (Å²) in [5.74, 6) is 1.24. The van der Waals surface area contributed by atoms with Crippen molar-refractivity contribution in [3.05, 3.63) is 28.8 Å². The van der Waals surface area contributed by atoms with Crippen LogP contribution in [-0.2, 0) is 6.42 Å². The van der Waals surface area contributed by atoms with Gasteiger partial charge in [-0.3, -0.25) is 0 Å².